The number of esters is 1. The van der Waals surface area contributed by atoms with Crippen molar-refractivity contribution in [1.29, 1.82) is 0 Å². The molecule has 0 bridgehead atoms. The lowest BCUT2D eigenvalue weighted by Crippen LogP contribution is -2.48. The molecule has 0 radical (unpaired) electrons. The molecule has 0 aromatic heterocycles. The molecule has 1 fully saturated rings. The second-order valence-corrected chi connectivity index (χ2v) is 9.44. The zero-order chi connectivity index (χ0) is 24.6. The molecule has 3 aromatic rings. The van der Waals surface area contributed by atoms with Crippen molar-refractivity contribution >= 4 is 5.97 Å². The Labute approximate surface area is 209 Å². The first-order chi connectivity index (χ1) is 17.0. The average molecular weight is 473 g/mol. The van der Waals surface area contributed by atoms with Crippen LogP contribution in [0.5, 0.6) is 5.75 Å². The van der Waals surface area contributed by atoms with E-state index in [1.807, 2.05) is 50.2 Å². The summed E-state index contributed by atoms with van der Waals surface area (Å²) in [6.07, 6.45) is -0.373. The summed E-state index contributed by atoms with van der Waals surface area (Å²) in [6, 6.07) is 28.9. The van der Waals surface area contributed by atoms with Crippen LogP contribution in [0.15, 0.2) is 84.9 Å². The van der Waals surface area contributed by atoms with Gasteiger partial charge < -0.3 is 9.47 Å². The summed E-state index contributed by atoms with van der Waals surface area (Å²) in [7, 11) is 1.69. The van der Waals surface area contributed by atoms with Gasteiger partial charge in [-0.2, -0.15) is 0 Å². The smallest absolute Gasteiger partial charge is 0.309 e. The number of piperazine rings is 1. The number of carbonyl (C=O) groups excluding carboxylic acids is 1. The Morgan fingerprint density at radius 3 is 1.91 bits per heavy atom. The van der Waals surface area contributed by atoms with E-state index in [2.05, 4.69) is 58.3 Å². The molecule has 0 saturated carbocycles. The number of methoxy groups -OCH3 is 1. The molecular formula is C30H36N2O3. The predicted molar refractivity (Wildman–Crippen MR) is 139 cm³/mol. The van der Waals surface area contributed by atoms with Crippen molar-refractivity contribution in [2.45, 2.75) is 32.5 Å². The molecule has 4 rings (SSSR count). The Balaban J connectivity index is 1.55. The quantitative estimate of drug-likeness (QED) is 0.385. The largest absolute Gasteiger partial charge is 0.497 e. The molecule has 1 heterocycles. The Hall–Kier alpha value is -3.15. The Morgan fingerprint density at radius 2 is 1.37 bits per heavy atom. The molecule has 1 aliphatic heterocycles. The summed E-state index contributed by atoms with van der Waals surface area (Å²) >= 11 is 0. The molecule has 2 unspecified atom stereocenters. The first-order valence-corrected chi connectivity index (χ1v) is 12.4. The molecule has 0 amide bonds. The minimum absolute atomic E-state index is 0.0514. The topological polar surface area (TPSA) is 42.0 Å². The van der Waals surface area contributed by atoms with Gasteiger partial charge in [-0.1, -0.05) is 86.6 Å². The van der Waals surface area contributed by atoms with Gasteiger partial charge in [-0.15, -0.1) is 0 Å². The van der Waals surface area contributed by atoms with E-state index in [0.717, 1.165) is 44.0 Å². The molecule has 0 N–H and O–H groups in total. The van der Waals surface area contributed by atoms with Crippen LogP contribution in [0, 0.1) is 5.92 Å². The third kappa shape index (κ3) is 6.50. The van der Waals surface area contributed by atoms with E-state index < -0.39 is 0 Å². The van der Waals surface area contributed by atoms with E-state index in [0.29, 0.717) is 0 Å². The van der Waals surface area contributed by atoms with Gasteiger partial charge in [0.1, 0.15) is 11.9 Å². The highest BCUT2D eigenvalue weighted by molar-refractivity contribution is 5.72. The van der Waals surface area contributed by atoms with Crippen LogP contribution in [0.3, 0.4) is 0 Å². The summed E-state index contributed by atoms with van der Waals surface area (Å²) < 4.78 is 11.5. The highest BCUT2D eigenvalue weighted by atomic mass is 16.5. The predicted octanol–water partition coefficient (Wildman–Crippen LogP) is 5.49. The SMILES string of the molecule is COc1ccc(CN2CCN(C(c3ccccc3)C(OC(=O)C(C)C)c3ccccc3)CC2)cc1. The fraction of sp³-hybridized carbons (Fsp3) is 0.367. The minimum Gasteiger partial charge on any atom is -0.497 e. The molecule has 1 saturated heterocycles. The van der Waals surface area contributed by atoms with E-state index >= 15 is 0 Å². The third-order valence-electron chi connectivity index (χ3n) is 6.64. The Bertz CT molecular complexity index is 1050. The second-order valence-electron chi connectivity index (χ2n) is 9.44. The van der Waals surface area contributed by atoms with Crippen LogP contribution >= 0.6 is 0 Å². The number of benzene rings is 3. The van der Waals surface area contributed by atoms with Crippen molar-refractivity contribution in [3.63, 3.8) is 0 Å². The zero-order valence-electron chi connectivity index (χ0n) is 21.0. The van der Waals surface area contributed by atoms with Crippen LogP contribution < -0.4 is 4.74 Å². The van der Waals surface area contributed by atoms with Gasteiger partial charge in [0.2, 0.25) is 0 Å². The summed E-state index contributed by atoms with van der Waals surface area (Å²) in [6.45, 7) is 8.40. The van der Waals surface area contributed by atoms with Gasteiger partial charge in [-0.05, 0) is 28.8 Å². The number of nitrogens with zero attached hydrogens (tertiary/aromatic N) is 2. The van der Waals surface area contributed by atoms with E-state index in [9.17, 15) is 4.79 Å². The maximum absolute atomic E-state index is 12.8. The van der Waals surface area contributed by atoms with Crippen molar-refractivity contribution in [2.75, 3.05) is 33.3 Å². The lowest BCUT2D eigenvalue weighted by Gasteiger charge is -2.42. The standard InChI is InChI=1S/C30H36N2O3/c1-23(2)30(33)35-29(26-12-8-5-9-13-26)28(25-10-6-4-7-11-25)32-20-18-31(19-21-32)22-24-14-16-27(34-3)17-15-24/h4-17,23,28-29H,18-22H2,1-3H3. The third-order valence-corrected chi connectivity index (χ3v) is 6.64. The first kappa shape index (κ1) is 25.0. The molecular weight excluding hydrogens is 436 g/mol. The molecule has 184 valence electrons. The van der Waals surface area contributed by atoms with Gasteiger partial charge in [0.05, 0.1) is 19.1 Å². The zero-order valence-corrected chi connectivity index (χ0v) is 21.0. The number of rotatable bonds is 9. The van der Waals surface area contributed by atoms with Crippen molar-refractivity contribution in [3.05, 3.63) is 102 Å². The van der Waals surface area contributed by atoms with Crippen LogP contribution in [-0.2, 0) is 16.1 Å². The van der Waals surface area contributed by atoms with E-state index in [4.69, 9.17) is 9.47 Å². The van der Waals surface area contributed by atoms with Gasteiger partial charge in [-0.3, -0.25) is 14.6 Å². The monoisotopic (exact) mass is 472 g/mol. The number of hydrogen-bond acceptors (Lipinski definition) is 5. The fourth-order valence-electron chi connectivity index (χ4n) is 4.63. The summed E-state index contributed by atoms with van der Waals surface area (Å²) in [5.41, 5.74) is 3.48. The lowest BCUT2D eigenvalue weighted by atomic mass is 9.93. The Kier molecular flexibility index (Phi) is 8.56. The van der Waals surface area contributed by atoms with Gasteiger partial charge >= 0.3 is 5.97 Å². The molecule has 1 aliphatic rings. The van der Waals surface area contributed by atoms with Crippen LogP contribution in [0.2, 0.25) is 0 Å². The van der Waals surface area contributed by atoms with Gasteiger partial charge in [0.15, 0.2) is 0 Å². The van der Waals surface area contributed by atoms with Crippen molar-refractivity contribution < 1.29 is 14.3 Å². The number of ether oxygens (including phenoxy) is 2. The van der Waals surface area contributed by atoms with Crippen LogP contribution in [0.25, 0.3) is 0 Å². The molecule has 0 aliphatic carbocycles. The maximum atomic E-state index is 12.8. The number of hydrogen-bond donors (Lipinski definition) is 0. The number of carbonyl (C=O) groups is 1. The highest BCUT2D eigenvalue weighted by Crippen LogP contribution is 2.38. The average Bonchev–Trinajstić information content (AvgIpc) is 2.90. The summed E-state index contributed by atoms with van der Waals surface area (Å²) in [4.78, 5) is 17.7. The van der Waals surface area contributed by atoms with Gasteiger partial charge in [0, 0.05) is 32.7 Å². The normalized spacial score (nSPS) is 16.6. The van der Waals surface area contributed by atoms with Crippen LogP contribution in [0.4, 0.5) is 0 Å². The van der Waals surface area contributed by atoms with Crippen LogP contribution in [0.1, 0.15) is 42.7 Å². The van der Waals surface area contributed by atoms with E-state index in [1.54, 1.807) is 7.11 Å². The summed E-state index contributed by atoms with van der Waals surface area (Å²) in [5, 5.41) is 0. The molecule has 0 spiro atoms. The first-order valence-electron chi connectivity index (χ1n) is 12.4. The second kappa shape index (κ2) is 12.0. The Morgan fingerprint density at radius 1 is 0.800 bits per heavy atom. The van der Waals surface area contributed by atoms with Gasteiger partial charge in [0.25, 0.3) is 0 Å². The molecule has 5 nitrogen and oxygen atoms in total. The van der Waals surface area contributed by atoms with Crippen molar-refractivity contribution in [2.24, 2.45) is 5.92 Å². The van der Waals surface area contributed by atoms with E-state index in [-0.39, 0.29) is 24.0 Å². The molecule has 2 atom stereocenters. The van der Waals surface area contributed by atoms with Crippen molar-refractivity contribution in [1.82, 2.24) is 9.80 Å². The highest BCUT2D eigenvalue weighted by Gasteiger charge is 2.35. The minimum atomic E-state index is -0.373. The molecule has 35 heavy (non-hydrogen) atoms. The molecule has 5 heteroatoms. The summed E-state index contributed by atoms with van der Waals surface area (Å²) in [5.74, 6) is 0.532. The van der Waals surface area contributed by atoms with E-state index in [1.165, 1.54) is 11.1 Å². The maximum Gasteiger partial charge on any atom is 0.309 e. The van der Waals surface area contributed by atoms with Crippen molar-refractivity contribution in [3.8, 4) is 5.75 Å². The fourth-order valence-corrected chi connectivity index (χ4v) is 4.63. The lowest BCUT2D eigenvalue weighted by molar-refractivity contribution is -0.158. The van der Waals surface area contributed by atoms with Crippen LogP contribution in [-0.4, -0.2) is 49.1 Å². The van der Waals surface area contributed by atoms with Gasteiger partial charge in [-0.25, -0.2) is 0 Å². The molecule has 3 aromatic carbocycles.